The van der Waals surface area contributed by atoms with E-state index in [9.17, 15) is 9.59 Å². The Bertz CT molecular complexity index is 414. The van der Waals surface area contributed by atoms with Crippen LogP contribution in [0.25, 0.3) is 0 Å². The fourth-order valence-corrected chi connectivity index (χ4v) is 1.06. The molecule has 1 aromatic heterocycles. The summed E-state index contributed by atoms with van der Waals surface area (Å²) in [6.45, 7) is 4.09. The van der Waals surface area contributed by atoms with Crippen LogP contribution in [-0.2, 0) is 9.59 Å². The van der Waals surface area contributed by atoms with E-state index in [1.54, 1.807) is 6.20 Å². The molecule has 1 rings (SSSR count). The van der Waals surface area contributed by atoms with Gasteiger partial charge in [0.2, 0.25) is 0 Å². The van der Waals surface area contributed by atoms with Crippen molar-refractivity contribution in [2.45, 2.75) is 25.8 Å². The normalized spacial score (nSPS) is 13.2. The number of carboxylic acids is 2. The Morgan fingerprint density at radius 1 is 1.21 bits per heavy atom. The number of pyridine rings is 1. The summed E-state index contributed by atoms with van der Waals surface area (Å²) < 4.78 is 0. The van der Waals surface area contributed by atoms with Crippen LogP contribution in [-0.4, -0.2) is 33.2 Å². The van der Waals surface area contributed by atoms with Crippen molar-refractivity contribution in [1.82, 2.24) is 4.98 Å². The van der Waals surface area contributed by atoms with Crippen molar-refractivity contribution >= 4 is 11.9 Å². The number of carbonyl (C=O) groups is 2. The second-order valence-corrected chi connectivity index (χ2v) is 3.91. The molecular weight excluding hydrogens is 248 g/mol. The lowest BCUT2D eigenvalue weighted by Gasteiger charge is -2.13. The maximum atomic E-state index is 9.55. The van der Waals surface area contributed by atoms with Gasteiger partial charge in [-0.15, -0.1) is 0 Å². The van der Waals surface area contributed by atoms with Crippen molar-refractivity contribution in [3.05, 3.63) is 42.2 Å². The summed E-state index contributed by atoms with van der Waals surface area (Å²) in [4.78, 5) is 23.3. The highest BCUT2D eigenvalue weighted by molar-refractivity contribution is 5.89. The average Bonchev–Trinajstić information content (AvgIpc) is 2.37. The van der Waals surface area contributed by atoms with E-state index in [0.717, 1.165) is 5.69 Å². The Balaban J connectivity index is 0.000000362. The zero-order valence-corrected chi connectivity index (χ0v) is 10.9. The van der Waals surface area contributed by atoms with E-state index < -0.39 is 11.9 Å². The molecule has 0 aromatic carbocycles. The minimum Gasteiger partial charge on any atom is -0.478 e. The molecule has 1 aromatic rings. The van der Waals surface area contributed by atoms with Gasteiger partial charge in [0.1, 0.15) is 0 Å². The number of aromatic nitrogens is 1. The Morgan fingerprint density at radius 3 is 2.05 bits per heavy atom. The molecule has 6 nitrogen and oxygen atoms in total. The van der Waals surface area contributed by atoms with Crippen molar-refractivity contribution in [1.29, 1.82) is 0 Å². The van der Waals surface area contributed by atoms with Crippen molar-refractivity contribution in [3.8, 4) is 0 Å². The molecule has 0 aliphatic heterocycles. The van der Waals surface area contributed by atoms with Crippen LogP contribution in [0.15, 0.2) is 36.5 Å². The molecule has 0 fully saturated rings. The molecule has 0 saturated carbocycles. The van der Waals surface area contributed by atoms with Crippen LogP contribution in [0.4, 0.5) is 0 Å². The molecule has 0 aliphatic rings. The summed E-state index contributed by atoms with van der Waals surface area (Å²) in [7, 11) is 0. The number of hydrogen-bond donors (Lipinski definition) is 3. The Hall–Kier alpha value is -2.21. The predicted octanol–water partition coefficient (Wildman–Crippen LogP) is 1.24. The van der Waals surface area contributed by atoms with Crippen LogP contribution in [0.1, 0.15) is 25.5 Å². The second kappa shape index (κ2) is 8.82. The van der Waals surface area contributed by atoms with Gasteiger partial charge in [0, 0.05) is 36.0 Å². The van der Waals surface area contributed by atoms with Crippen molar-refractivity contribution in [2.24, 2.45) is 5.73 Å². The van der Waals surface area contributed by atoms with Gasteiger partial charge in [-0.2, -0.15) is 0 Å². The quantitative estimate of drug-likeness (QED) is 0.706. The molecule has 0 saturated heterocycles. The molecule has 4 N–H and O–H groups in total. The first kappa shape index (κ1) is 16.8. The number of nitrogens with zero attached hydrogens (tertiary/aromatic N) is 1. The van der Waals surface area contributed by atoms with Gasteiger partial charge in [-0.3, -0.25) is 4.98 Å². The SMILES string of the molecule is CC(N)C(C)c1ccccn1.O=C(O)C=CC(=O)O. The lowest BCUT2D eigenvalue weighted by atomic mass is 10.0. The molecule has 0 aliphatic carbocycles. The van der Waals surface area contributed by atoms with Crippen molar-refractivity contribution < 1.29 is 19.8 Å². The third kappa shape index (κ3) is 8.50. The number of nitrogens with two attached hydrogens (primary N) is 1. The molecule has 2 unspecified atom stereocenters. The lowest BCUT2D eigenvalue weighted by molar-refractivity contribution is -0.134. The molecule has 6 heteroatoms. The minimum atomic E-state index is -1.26. The third-order valence-electron chi connectivity index (χ3n) is 2.31. The van der Waals surface area contributed by atoms with Crippen LogP contribution in [0.5, 0.6) is 0 Å². The van der Waals surface area contributed by atoms with E-state index in [-0.39, 0.29) is 6.04 Å². The van der Waals surface area contributed by atoms with Crippen LogP contribution >= 0.6 is 0 Å². The topological polar surface area (TPSA) is 114 Å². The van der Waals surface area contributed by atoms with Gasteiger partial charge in [0.25, 0.3) is 0 Å². The van der Waals surface area contributed by atoms with E-state index >= 15 is 0 Å². The summed E-state index contributed by atoms with van der Waals surface area (Å²) >= 11 is 0. The van der Waals surface area contributed by atoms with Gasteiger partial charge in [-0.1, -0.05) is 13.0 Å². The minimum absolute atomic E-state index is 0.171. The maximum Gasteiger partial charge on any atom is 0.328 e. The number of hydrogen-bond acceptors (Lipinski definition) is 4. The molecule has 1 heterocycles. The van der Waals surface area contributed by atoms with Crippen molar-refractivity contribution in [3.63, 3.8) is 0 Å². The molecule has 0 spiro atoms. The predicted molar refractivity (Wildman–Crippen MR) is 70.7 cm³/mol. The van der Waals surface area contributed by atoms with E-state index in [2.05, 4.69) is 11.9 Å². The number of aliphatic carboxylic acids is 2. The molecule has 0 radical (unpaired) electrons. The Labute approximate surface area is 111 Å². The molecule has 2 atom stereocenters. The van der Waals surface area contributed by atoms with Crippen LogP contribution in [0.2, 0.25) is 0 Å². The number of rotatable bonds is 4. The Morgan fingerprint density at radius 2 is 1.74 bits per heavy atom. The summed E-state index contributed by atoms with van der Waals surface area (Å²) in [6.07, 6.45) is 2.92. The van der Waals surface area contributed by atoms with Gasteiger partial charge in [0.05, 0.1) is 0 Å². The maximum absolute atomic E-state index is 9.55. The lowest BCUT2D eigenvalue weighted by Crippen LogP contribution is -2.22. The largest absolute Gasteiger partial charge is 0.478 e. The highest BCUT2D eigenvalue weighted by Gasteiger charge is 2.09. The highest BCUT2D eigenvalue weighted by atomic mass is 16.4. The number of carboxylic acid groups (broad SMARTS) is 2. The molecule has 19 heavy (non-hydrogen) atoms. The van der Waals surface area contributed by atoms with Gasteiger partial charge in [-0.25, -0.2) is 9.59 Å². The van der Waals surface area contributed by atoms with Gasteiger partial charge >= 0.3 is 11.9 Å². The first-order chi connectivity index (χ1) is 8.84. The van der Waals surface area contributed by atoms with E-state index in [1.807, 2.05) is 25.1 Å². The fraction of sp³-hybridized carbons (Fsp3) is 0.308. The summed E-state index contributed by atoms with van der Waals surface area (Å²) in [6, 6.07) is 6.08. The first-order valence-electron chi connectivity index (χ1n) is 5.65. The van der Waals surface area contributed by atoms with E-state index in [0.29, 0.717) is 18.1 Å². The van der Waals surface area contributed by atoms with E-state index in [1.165, 1.54) is 0 Å². The molecular formula is C13H18N2O4. The van der Waals surface area contributed by atoms with Crippen LogP contribution < -0.4 is 5.73 Å². The Kier molecular flexibility index (Phi) is 7.79. The molecule has 0 amide bonds. The van der Waals surface area contributed by atoms with E-state index in [4.69, 9.17) is 15.9 Å². The first-order valence-corrected chi connectivity index (χ1v) is 5.65. The molecule has 0 bridgehead atoms. The van der Waals surface area contributed by atoms with Gasteiger partial charge < -0.3 is 15.9 Å². The zero-order valence-electron chi connectivity index (χ0n) is 10.9. The standard InChI is InChI=1S/C9H14N2.C4H4O4/c1-7(8(2)10)9-5-3-4-6-11-9;5-3(6)1-2-4(7)8/h3-8H,10H2,1-2H3;1-2H,(H,5,6)(H,7,8). The highest BCUT2D eigenvalue weighted by Crippen LogP contribution is 2.13. The zero-order chi connectivity index (χ0) is 14.8. The monoisotopic (exact) mass is 266 g/mol. The van der Waals surface area contributed by atoms with Crippen molar-refractivity contribution in [2.75, 3.05) is 0 Å². The van der Waals surface area contributed by atoms with Gasteiger partial charge in [-0.05, 0) is 19.1 Å². The summed E-state index contributed by atoms with van der Waals surface area (Å²) in [5.74, 6) is -2.17. The average molecular weight is 266 g/mol. The van der Waals surface area contributed by atoms with Crippen LogP contribution in [0.3, 0.4) is 0 Å². The fourth-order valence-electron chi connectivity index (χ4n) is 1.06. The third-order valence-corrected chi connectivity index (χ3v) is 2.31. The van der Waals surface area contributed by atoms with Crippen LogP contribution in [0, 0.1) is 0 Å². The second-order valence-electron chi connectivity index (χ2n) is 3.91. The smallest absolute Gasteiger partial charge is 0.328 e. The summed E-state index contributed by atoms with van der Waals surface area (Å²) in [5, 5.41) is 15.6. The molecule has 104 valence electrons. The summed E-state index contributed by atoms with van der Waals surface area (Å²) in [5.41, 5.74) is 6.80. The van der Waals surface area contributed by atoms with Gasteiger partial charge in [0.15, 0.2) is 0 Å².